The fourth-order valence-electron chi connectivity index (χ4n) is 2.03. The van der Waals surface area contributed by atoms with Gasteiger partial charge in [0.1, 0.15) is 30.5 Å². The van der Waals surface area contributed by atoms with Gasteiger partial charge in [0, 0.05) is 4.47 Å². The van der Waals surface area contributed by atoms with Gasteiger partial charge in [-0.05, 0) is 17.7 Å². The van der Waals surface area contributed by atoms with Gasteiger partial charge < -0.3 is 25.2 Å². The van der Waals surface area contributed by atoms with Crippen LogP contribution in [0.3, 0.4) is 0 Å². The monoisotopic (exact) mass is 318 g/mol. The number of hydrogen-bond donors (Lipinski definition) is 4. The number of benzene rings is 1. The van der Waals surface area contributed by atoms with E-state index >= 15 is 0 Å². The summed E-state index contributed by atoms with van der Waals surface area (Å²) in [6.45, 7) is -0.419. The van der Waals surface area contributed by atoms with Crippen molar-refractivity contribution in [3.05, 3.63) is 34.3 Å². The molecule has 100 valence electrons. The Morgan fingerprint density at radius 3 is 2.17 bits per heavy atom. The number of rotatable bonds is 2. The zero-order chi connectivity index (χ0) is 13.3. The molecule has 1 fully saturated rings. The van der Waals surface area contributed by atoms with Crippen LogP contribution in [0.1, 0.15) is 11.7 Å². The molecular weight excluding hydrogens is 304 g/mol. The van der Waals surface area contributed by atoms with E-state index in [-0.39, 0.29) is 0 Å². The second kappa shape index (κ2) is 5.64. The van der Waals surface area contributed by atoms with Gasteiger partial charge >= 0.3 is 0 Å². The van der Waals surface area contributed by atoms with Crippen LogP contribution < -0.4 is 0 Å². The van der Waals surface area contributed by atoms with Crippen molar-refractivity contribution < 1.29 is 25.2 Å². The summed E-state index contributed by atoms with van der Waals surface area (Å²) in [4.78, 5) is 0. The zero-order valence-corrected chi connectivity index (χ0v) is 11.1. The van der Waals surface area contributed by atoms with E-state index < -0.39 is 37.1 Å². The highest BCUT2D eigenvalue weighted by molar-refractivity contribution is 9.10. The van der Waals surface area contributed by atoms with E-state index in [9.17, 15) is 15.3 Å². The van der Waals surface area contributed by atoms with Crippen LogP contribution in [0.2, 0.25) is 0 Å². The van der Waals surface area contributed by atoms with Gasteiger partial charge in [-0.2, -0.15) is 0 Å². The summed E-state index contributed by atoms with van der Waals surface area (Å²) in [5.74, 6) is 0. The lowest BCUT2D eigenvalue weighted by molar-refractivity contribution is -0.231. The van der Waals surface area contributed by atoms with E-state index in [0.717, 1.165) is 4.47 Å². The van der Waals surface area contributed by atoms with E-state index in [0.29, 0.717) is 5.56 Å². The first-order valence-electron chi connectivity index (χ1n) is 5.60. The Hall–Kier alpha value is -0.500. The molecule has 0 amide bonds. The van der Waals surface area contributed by atoms with Crippen molar-refractivity contribution in [3.8, 4) is 0 Å². The maximum Gasteiger partial charge on any atom is 0.113 e. The van der Waals surface area contributed by atoms with Gasteiger partial charge in [0.05, 0.1) is 6.61 Å². The first-order valence-corrected chi connectivity index (χ1v) is 6.40. The number of ether oxygens (including phenoxy) is 1. The second-order valence-corrected chi connectivity index (χ2v) is 5.22. The van der Waals surface area contributed by atoms with Crippen molar-refractivity contribution in [2.45, 2.75) is 30.5 Å². The molecule has 0 unspecified atom stereocenters. The van der Waals surface area contributed by atoms with Crippen LogP contribution >= 0.6 is 15.9 Å². The summed E-state index contributed by atoms with van der Waals surface area (Å²) in [5, 5.41) is 38.4. The maximum atomic E-state index is 9.92. The maximum absolute atomic E-state index is 9.92. The van der Waals surface area contributed by atoms with E-state index in [1.807, 2.05) is 0 Å². The quantitative estimate of drug-likeness (QED) is 0.614. The summed E-state index contributed by atoms with van der Waals surface area (Å²) in [5.41, 5.74) is 0.676. The second-order valence-electron chi connectivity index (χ2n) is 4.30. The molecule has 0 spiro atoms. The fourth-order valence-corrected chi connectivity index (χ4v) is 2.29. The van der Waals surface area contributed by atoms with E-state index in [1.54, 1.807) is 24.3 Å². The summed E-state index contributed by atoms with van der Waals surface area (Å²) in [7, 11) is 0. The van der Waals surface area contributed by atoms with E-state index in [4.69, 9.17) is 9.84 Å². The van der Waals surface area contributed by atoms with Crippen LogP contribution in [0.25, 0.3) is 0 Å². The number of aliphatic hydroxyl groups is 4. The number of halogens is 1. The zero-order valence-electron chi connectivity index (χ0n) is 9.48. The van der Waals surface area contributed by atoms with Gasteiger partial charge in [-0.15, -0.1) is 0 Å². The topological polar surface area (TPSA) is 90.2 Å². The van der Waals surface area contributed by atoms with Crippen LogP contribution in [0, 0.1) is 0 Å². The Morgan fingerprint density at radius 2 is 1.61 bits per heavy atom. The number of aliphatic hydroxyl groups excluding tert-OH is 4. The molecule has 1 aromatic rings. The van der Waals surface area contributed by atoms with Crippen LogP contribution in [0.15, 0.2) is 28.7 Å². The van der Waals surface area contributed by atoms with Crippen molar-refractivity contribution in [2.75, 3.05) is 6.61 Å². The highest BCUT2D eigenvalue weighted by Gasteiger charge is 2.43. The van der Waals surface area contributed by atoms with Crippen LogP contribution in [-0.2, 0) is 4.74 Å². The Balaban J connectivity index is 2.24. The molecule has 2 rings (SSSR count). The average molecular weight is 319 g/mol. The van der Waals surface area contributed by atoms with Gasteiger partial charge in [-0.1, -0.05) is 28.1 Å². The van der Waals surface area contributed by atoms with E-state index in [1.165, 1.54) is 0 Å². The molecule has 1 aliphatic rings. The van der Waals surface area contributed by atoms with Gasteiger partial charge in [-0.3, -0.25) is 0 Å². The van der Waals surface area contributed by atoms with E-state index in [2.05, 4.69) is 15.9 Å². The molecule has 18 heavy (non-hydrogen) atoms. The average Bonchev–Trinajstić information content (AvgIpc) is 2.38. The van der Waals surface area contributed by atoms with Crippen molar-refractivity contribution in [3.63, 3.8) is 0 Å². The summed E-state index contributed by atoms with van der Waals surface area (Å²) < 4.78 is 6.32. The largest absolute Gasteiger partial charge is 0.394 e. The van der Waals surface area contributed by atoms with Crippen molar-refractivity contribution in [1.29, 1.82) is 0 Å². The molecule has 6 heteroatoms. The Morgan fingerprint density at radius 1 is 1.00 bits per heavy atom. The van der Waals surface area contributed by atoms with Crippen molar-refractivity contribution in [1.82, 2.24) is 0 Å². The fraction of sp³-hybridized carbons (Fsp3) is 0.500. The predicted octanol–water partition coefficient (Wildman–Crippen LogP) is -0.0360. The van der Waals surface area contributed by atoms with Gasteiger partial charge in [0.25, 0.3) is 0 Å². The molecule has 1 aliphatic heterocycles. The van der Waals surface area contributed by atoms with Crippen LogP contribution in [0.5, 0.6) is 0 Å². The van der Waals surface area contributed by atoms with Gasteiger partial charge in [-0.25, -0.2) is 0 Å². The smallest absolute Gasteiger partial charge is 0.113 e. The molecule has 4 N–H and O–H groups in total. The molecule has 1 aromatic carbocycles. The lowest BCUT2D eigenvalue weighted by Gasteiger charge is -2.40. The van der Waals surface area contributed by atoms with Gasteiger partial charge in [0.15, 0.2) is 0 Å². The highest BCUT2D eigenvalue weighted by Crippen LogP contribution is 2.32. The third-order valence-corrected chi connectivity index (χ3v) is 3.62. The number of hydrogen-bond acceptors (Lipinski definition) is 5. The summed E-state index contributed by atoms with van der Waals surface area (Å²) in [6.07, 6.45) is -5.55. The first-order chi connectivity index (χ1) is 8.54. The van der Waals surface area contributed by atoms with Crippen LogP contribution in [0.4, 0.5) is 0 Å². The minimum Gasteiger partial charge on any atom is -0.394 e. The van der Waals surface area contributed by atoms with Gasteiger partial charge in [0.2, 0.25) is 0 Å². The molecule has 0 aromatic heterocycles. The standard InChI is InChI=1S/C12H15BrO5/c13-7-3-1-6(2-4-7)12-11(17)10(16)9(15)8(5-14)18-12/h1-4,8-12,14-17H,5H2/t8-,9-,10-,11+,12+/m0/s1. The van der Waals surface area contributed by atoms with Crippen molar-refractivity contribution >= 4 is 15.9 Å². The molecule has 0 aliphatic carbocycles. The third-order valence-electron chi connectivity index (χ3n) is 3.09. The molecular formula is C12H15BrO5. The summed E-state index contributed by atoms with van der Waals surface area (Å²) >= 11 is 3.30. The molecule has 1 heterocycles. The predicted molar refractivity (Wildman–Crippen MR) is 66.9 cm³/mol. The SMILES string of the molecule is OC[C@@H]1O[C@H](c2ccc(Br)cc2)[C@H](O)[C@@H](O)[C@H]1O. The molecule has 0 saturated carbocycles. The Bertz CT molecular complexity index is 394. The minimum absolute atomic E-state index is 0.419. The molecule has 5 atom stereocenters. The lowest BCUT2D eigenvalue weighted by atomic mass is 9.91. The Labute approximate surface area is 113 Å². The van der Waals surface area contributed by atoms with Crippen molar-refractivity contribution in [2.24, 2.45) is 0 Å². The van der Waals surface area contributed by atoms with Crippen LogP contribution in [-0.4, -0.2) is 51.4 Å². The molecule has 5 nitrogen and oxygen atoms in total. The Kier molecular flexibility index (Phi) is 4.37. The molecule has 1 saturated heterocycles. The molecule has 0 radical (unpaired) electrons. The third kappa shape index (κ3) is 2.59. The molecule has 0 bridgehead atoms. The summed E-state index contributed by atoms with van der Waals surface area (Å²) in [6, 6.07) is 7.07. The first kappa shape index (κ1) is 13.9. The minimum atomic E-state index is -1.34. The normalized spacial score (nSPS) is 36.6. The lowest BCUT2D eigenvalue weighted by Crippen LogP contribution is -2.55. The highest BCUT2D eigenvalue weighted by atomic mass is 79.9.